The molecule has 1 rings (SSSR count). The van der Waals surface area contributed by atoms with E-state index in [2.05, 4.69) is 4.84 Å². The Kier molecular flexibility index (Phi) is 4.26. The van der Waals surface area contributed by atoms with Gasteiger partial charge in [0.15, 0.2) is 0 Å². The molecule has 1 aromatic carbocycles. The quantitative estimate of drug-likeness (QED) is 0.696. The summed E-state index contributed by atoms with van der Waals surface area (Å²) < 4.78 is 0. The molecule has 0 aromatic heterocycles. The molecule has 11 heavy (non-hydrogen) atoms. The van der Waals surface area contributed by atoms with E-state index in [1.54, 1.807) is 12.1 Å². The van der Waals surface area contributed by atoms with Gasteiger partial charge in [-0.25, -0.2) is 0 Å². The van der Waals surface area contributed by atoms with Crippen LogP contribution in [-0.4, -0.2) is 0 Å². The number of halogens is 2. The molecule has 0 aliphatic heterocycles. The van der Waals surface area contributed by atoms with E-state index in [4.69, 9.17) is 17.5 Å². The van der Waals surface area contributed by atoms with Gasteiger partial charge < -0.3 is 4.84 Å². The third-order valence-electron chi connectivity index (χ3n) is 1.28. The maximum Gasteiger partial charge on any atom is 0.148 e. The molecule has 62 valence electrons. The maximum absolute atomic E-state index is 5.76. The molecule has 0 bridgehead atoms. The van der Waals surface area contributed by atoms with Crippen molar-refractivity contribution in [3.63, 3.8) is 0 Å². The molecular formula is C7H9Cl2NO. The van der Waals surface area contributed by atoms with Gasteiger partial charge in [-0.05, 0) is 18.6 Å². The summed E-state index contributed by atoms with van der Waals surface area (Å²) in [6, 6.07) is 5.29. The molecule has 0 fully saturated rings. The zero-order valence-electron chi connectivity index (χ0n) is 6.00. The molecule has 0 aliphatic carbocycles. The molecule has 4 heteroatoms. The Balaban J connectivity index is 0.000001000. The molecule has 0 amide bonds. The highest BCUT2D eigenvalue weighted by molar-refractivity contribution is 6.31. The second kappa shape index (κ2) is 4.44. The molecular weight excluding hydrogens is 185 g/mol. The smallest absolute Gasteiger partial charge is 0.148 e. The van der Waals surface area contributed by atoms with Crippen molar-refractivity contribution >= 4 is 24.0 Å². The summed E-state index contributed by atoms with van der Waals surface area (Å²) in [6.07, 6.45) is 0. The van der Waals surface area contributed by atoms with Gasteiger partial charge in [0.1, 0.15) is 5.75 Å². The second-order valence-electron chi connectivity index (χ2n) is 2.03. The van der Waals surface area contributed by atoms with Crippen LogP contribution in [0.1, 0.15) is 5.56 Å². The van der Waals surface area contributed by atoms with E-state index in [9.17, 15) is 0 Å². The Morgan fingerprint density at radius 2 is 2.09 bits per heavy atom. The SMILES string of the molecule is Cc1ccc(ON)cc1Cl.Cl. The van der Waals surface area contributed by atoms with E-state index in [-0.39, 0.29) is 12.4 Å². The van der Waals surface area contributed by atoms with Crippen LogP contribution in [-0.2, 0) is 0 Å². The highest BCUT2D eigenvalue weighted by atomic mass is 35.5. The lowest BCUT2D eigenvalue weighted by Crippen LogP contribution is -2.01. The number of rotatable bonds is 1. The lowest BCUT2D eigenvalue weighted by Gasteiger charge is -1.99. The van der Waals surface area contributed by atoms with Crippen LogP contribution in [0.5, 0.6) is 5.75 Å². The van der Waals surface area contributed by atoms with Crippen LogP contribution < -0.4 is 10.7 Å². The third kappa shape index (κ3) is 2.58. The molecule has 1 aromatic rings. The lowest BCUT2D eigenvalue weighted by atomic mass is 10.2. The number of hydrogen-bond acceptors (Lipinski definition) is 2. The van der Waals surface area contributed by atoms with Gasteiger partial charge in [-0.2, -0.15) is 5.90 Å². The molecule has 2 nitrogen and oxygen atoms in total. The van der Waals surface area contributed by atoms with Crippen molar-refractivity contribution in [2.45, 2.75) is 6.92 Å². The van der Waals surface area contributed by atoms with Gasteiger partial charge in [0, 0.05) is 11.1 Å². The molecule has 0 heterocycles. The summed E-state index contributed by atoms with van der Waals surface area (Å²) in [4.78, 5) is 4.47. The highest BCUT2D eigenvalue weighted by Crippen LogP contribution is 2.20. The minimum Gasteiger partial charge on any atom is -0.411 e. The first-order chi connectivity index (χ1) is 4.74. The van der Waals surface area contributed by atoms with E-state index in [0.717, 1.165) is 5.56 Å². The maximum atomic E-state index is 5.76. The highest BCUT2D eigenvalue weighted by Gasteiger charge is 1.95. The Morgan fingerprint density at radius 1 is 1.45 bits per heavy atom. The normalized spacial score (nSPS) is 8.64. The number of aryl methyl sites for hydroxylation is 1. The standard InChI is InChI=1S/C7H8ClNO.ClH/c1-5-2-3-6(10-9)4-7(5)8;/h2-4H,9H2,1H3;1H. The van der Waals surface area contributed by atoms with Crippen molar-refractivity contribution in [1.82, 2.24) is 0 Å². The van der Waals surface area contributed by atoms with Crippen molar-refractivity contribution in [3.05, 3.63) is 28.8 Å². The third-order valence-corrected chi connectivity index (χ3v) is 1.69. The van der Waals surface area contributed by atoms with E-state index >= 15 is 0 Å². The van der Waals surface area contributed by atoms with Gasteiger partial charge in [0.25, 0.3) is 0 Å². The first-order valence-electron chi connectivity index (χ1n) is 2.87. The molecule has 2 N–H and O–H groups in total. The molecule has 0 saturated heterocycles. The van der Waals surface area contributed by atoms with E-state index in [1.807, 2.05) is 13.0 Å². The first-order valence-corrected chi connectivity index (χ1v) is 3.24. The number of hydrogen-bond donors (Lipinski definition) is 1. The number of nitrogens with two attached hydrogens (primary N) is 1. The Hall–Kier alpha value is -0.440. The fourth-order valence-electron chi connectivity index (χ4n) is 0.647. The van der Waals surface area contributed by atoms with E-state index < -0.39 is 0 Å². The van der Waals surface area contributed by atoms with Crippen LogP contribution in [0.15, 0.2) is 18.2 Å². The molecule has 0 unspecified atom stereocenters. The minimum atomic E-state index is 0. The van der Waals surface area contributed by atoms with Crippen molar-refractivity contribution in [3.8, 4) is 5.75 Å². The van der Waals surface area contributed by atoms with Crippen LogP contribution in [0.2, 0.25) is 5.02 Å². The number of benzene rings is 1. The summed E-state index contributed by atoms with van der Waals surface area (Å²) in [7, 11) is 0. The summed E-state index contributed by atoms with van der Waals surface area (Å²) in [6.45, 7) is 1.92. The Labute approximate surface area is 76.7 Å². The predicted molar refractivity (Wildman–Crippen MR) is 48.3 cm³/mol. The van der Waals surface area contributed by atoms with Crippen molar-refractivity contribution < 1.29 is 4.84 Å². The van der Waals surface area contributed by atoms with Crippen LogP contribution in [0.3, 0.4) is 0 Å². The Bertz CT molecular complexity index is 240. The lowest BCUT2D eigenvalue weighted by molar-refractivity contribution is 0.334. The summed E-state index contributed by atoms with van der Waals surface area (Å²) in [5, 5.41) is 0.669. The average Bonchev–Trinajstić information content (AvgIpc) is 1.95. The molecule has 0 aliphatic rings. The summed E-state index contributed by atoms with van der Waals surface area (Å²) in [5.74, 6) is 5.49. The van der Waals surface area contributed by atoms with Crippen LogP contribution in [0.25, 0.3) is 0 Å². The van der Waals surface area contributed by atoms with Gasteiger partial charge >= 0.3 is 0 Å². The topological polar surface area (TPSA) is 35.2 Å². The van der Waals surface area contributed by atoms with Crippen molar-refractivity contribution in [1.29, 1.82) is 0 Å². The van der Waals surface area contributed by atoms with Gasteiger partial charge in [-0.15, -0.1) is 12.4 Å². The summed E-state index contributed by atoms with van der Waals surface area (Å²) >= 11 is 5.76. The summed E-state index contributed by atoms with van der Waals surface area (Å²) in [5.41, 5.74) is 1.02. The van der Waals surface area contributed by atoms with Crippen molar-refractivity contribution in [2.75, 3.05) is 0 Å². The molecule has 0 radical (unpaired) electrons. The monoisotopic (exact) mass is 193 g/mol. The minimum absolute atomic E-state index is 0. The van der Waals surface area contributed by atoms with Gasteiger partial charge in [0.05, 0.1) is 0 Å². The second-order valence-corrected chi connectivity index (χ2v) is 2.44. The van der Waals surface area contributed by atoms with Gasteiger partial charge in [0.2, 0.25) is 0 Å². The van der Waals surface area contributed by atoms with Gasteiger partial charge in [-0.1, -0.05) is 17.7 Å². The predicted octanol–water partition coefficient (Wildman–Crippen LogP) is 2.32. The van der Waals surface area contributed by atoms with E-state index in [0.29, 0.717) is 10.8 Å². The zero-order valence-corrected chi connectivity index (χ0v) is 7.58. The average molecular weight is 194 g/mol. The van der Waals surface area contributed by atoms with Crippen LogP contribution >= 0.6 is 24.0 Å². The fraction of sp³-hybridized carbons (Fsp3) is 0.143. The van der Waals surface area contributed by atoms with Crippen LogP contribution in [0, 0.1) is 6.92 Å². The Morgan fingerprint density at radius 3 is 2.55 bits per heavy atom. The fourth-order valence-corrected chi connectivity index (χ4v) is 0.817. The van der Waals surface area contributed by atoms with Crippen LogP contribution in [0.4, 0.5) is 0 Å². The molecule has 0 saturated carbocycles. The first kappa shape index (κ1) is 10.6. The molecule has 0 atom stereocenters. The molecule has 0 spiro atoms. The van der Waals surface area contributed by atoms with Gasteiger partial charge in [-0.3, -0.25) is 0 Å². The zero-order chi connectivity index (χ0) is 7.56. The largest absolute Gasteiger partial charge is 0.411 e. The van der Waals surface area contributed by atoms with E-state index in [1.165, 1.54) is 0 Å². The van der Waals surface area contributed by atoms with Crippen molar-refractivity contribution in [2.24, 2.45) is 5.90 Å².